The molecule has 2 atom stereocenters. The van der Waals surface area contributed by atoms with Crippen molar-refractivity contribution < 1.29 is 66.8 Å². The SMILES string of the molecule is C=CC(=O)Oc1ccnc(N(CC(C)C)C(=O)C(CC(C)C)N2C(=O)c3cc(Oc4ccc(C(C)(C)C)cc4)c4c5c(Oc6ccc(C(C)(C)C)cc6)cc6c7c(cc(Oc8ccc(C(C)(C)C)cc8)c(c8c(Oc9ccc(C(C)(C)C)cc9)cc(c3c48)C2=O)c75)C(=O)N(C(CC(C)C)C(=O)N(CC(C)C)c2cc(OC(=O)C=C)ccn2)C6=O)c1. The minimum absolute atomic E-state index is 0.0237. The van der Waals surface area contributed by atoms with Gasteiger partial charge >= 0.3 is 11.9 Å². The number of aromatic nitrogens is 2. The smallest absolute Gasteiger partial charge is 0.335 e. The van der Waals surface area contributed by atoms with Gasteiger partial charge in [-0.2, -0.15) is 0 Å². The summed E-state index contributed by atoms with van der Waals surface area (Å²) in [5, 5.41) is 1.77. The third-order valence-corrected chi connectivity index (χ3v) is 21.7. The second kappa shape index (κ2) is 33.0. The Labute approximate surface area is 701 Å². The van der Waals surface area contributed by atoms with Crippen molar-refractivity contribution in [2.75, 3.05) is 22.9 Å². The summed E-state index contributed by atoms with van der Waals surface area (Å²) in [6.07, 6.45) is 4.80. The molecule has 2 unspecified atom stereocenters. The number of amides is 6. The average Bonchev–Trinajstić information content (AvgIpc) is 0.669. The van der Waals surface area contributed by atoms with Crippen molar-refractivity contribution in [3.8, 4) is 57.5 Å². The number of anilines is 2. The largest absolute Gasteiger partial charge is 0.457 e. The Bertz CT molecular complexity index is 5310. The molecule has 120 heavy (non-hydrogen) atoms. The van der Waals surface area contributed by atoms with Gasteiger partial charge in [-0.25, -0.2) is 19.6 Å². The van der Waals surface area contributed by atoms with E-state index in [1.54, 1.807) is 24.3 Å². The first-order valence-corrected chi connectivity index (χ1v) is 41.0. The van der Waals surface area contributed by atoms with E-state index in [1.165, 1.54) is 46.5 Å². The molecule has 4 heterocycles. The topological polar surface area (TPSA) is 231 Å². The molecule has 2 aliphatic heterocycles. The van der Waals surface area contributed by atoms with Crippen molar-refractivity contribution in [3.63, 3.8) is 0 Å². The van der Waals surface area contributed by atoms with Crippen molar-refractivity contribution in [2.45, 2.75) is 185 Å². The van der Waals surface area contributed by atoms with E-state index in [9.17, 15) is 9.59 Å². The minimum atomic E-state index is -1.50. The minimum Gasteiger partial charge on any atom is -0.457 e. The van der Waals surface area contributed by atoms with Gasteiger partial charge in [0.2, 0.25) is 0 Å². The Morgan fingerprint density at radius 1 is 0.350 bits per heavy atom. The second-order valence-corrected chi connectivity index (χ2v) is 37.1. The third kappa shape index (κ3) is 17.1. The highest BCUT2D eigenvalue weighted by molar-refractivity contribution is 6.45. The molecule has 620 valence electrons. The fourth-order valence-electron chi connectivity index (χ4n) is 15.8. The lowest BCUT2D eigenvalue weighted by Crippen LogP contribution is -2.56. The molecule has 0 saturated heterocycles. The molecule has 13 rings (SSSR count). The summed E-state index contributed by atoms with van der Waals surface area (Å²) < 4.78 is 41.0. The number of pyridine rings is 2. The number of imide groups is 2. The average molecular weight is 1620 g/mol. The van der Waals surface area contributed by atoms with Gasteiger partial charge in [-0.1, -0.05) is 200 Å². The fourth-order valence-corrected chi connectivity index (χ4v) is 15.8. The highest BCUT2D eigenvalue weighted by atomic mass is 16.5. The summed E-state index contributed by atoms with van der Waals surface area (Å²) in [7, 11) is 0. The van der Waals surface area contributed by atoms with Crippen LogP contribution in [0.25, 0.3) is 43.1 Å². The Morgan fingerprint density at radius 2 is 0.600 bits per heavy atom. The molecule has 11 aromatic rings. The summed E-state index contributed by atoms with van der Waals surface area (Å²) in [6, 6.07) is 39.5. The summed E-state index contributed by atoms with van der Waals surface area (Å²) in [5.74, 6) is -5.35. The Balaban J connectivity index is 1.19. The van der Waals surface area contributed by atoms with Crippen LogP contribution in [0.15, 0.2) is 183 Å². The van der Waals surface area contributed by atoms with Crippen molar-refractivity contribution in [3.05, 3.63) is 228 Å². The molecule has 0 radical (unpaired) electrons. The molecule has 2 aliphatic rings. The van der Waals surface area contributed by atoms with E-state index in [4.69, 9.17) is 28.4 Å². The van der Waals surface area contributed by atoms with E-state index in [-0.39, 0.29) is 183 Å². The number of benzene rings is 9. The number of fused-ring (bicyclic) bond motifs is 2. The molecular formula is C100H106N6O14. The van der Waals surface area contributed by atoms with Crippen LogP contribution in [-0.4, -0.2) is 92.3 Å². The molecule has 0 bridgehead atoms. The lowest BCUT2D eigenvalue weighted by Gasteiger charge is -2.38. The molecule has 0 N–H and O–H groups in total. The number of carbonyl (C=O) groups is 8. The maximum absolute atomic E-state index is 17.0. The normalized spacial score (nSPS) is 13.8. The zero-order valence-corrected chi connectivity index (χ0v) is 72.3. The first-order valence-electron chi connectivity index (χ1n) is 41.0. The number of nitrogens with zero attached hydrogens (tertiary/aromatic N) is 6. The van der Waals surface area contributed by atoms with Crippen LogP contribution < -0.4 is 38.2 Å². The van der Waals surface area contributed by atoms with Crippen LogP contribution >= 0.6 is 0 Å². The van der Waals surface area contributed by atoms with Crippen LogP contribution in [-0.2, 0) is 40.8 Å². The van der Waals surface area contributed by atoms with Gasteiger partial charge in [0.1, 0.15) is 81.2 Å². The van der Waals surface area contributed by atoms with Crippen LogP contribution in [0.1, 0.15) is 215 Å². The van der Waals surface area contributed by atoms with E-state index >= 15 is 28.8 Å². The number of carbonyl (C=O) groups excluding carboxylic acids is 8. The summed E-state index contributed by atoms with van der Waals surface area (Å²) in [5.41, 5.74) is 2.55. The third-order valence-electron chi connectivity index (χ3n) is 21.7. The standard InChI is InChI=1S/C100H106N6O14/c1-23-81(107)119-67-41-43-101-79(47-67)103(53-57(7)8)95(113)73(45-55(3)4)105-91(109)69-49-75(115-63-33-25-59(26-34-63)97(11,12)13)85-87-77(117-65-37-29-61(30-38-65)99(17,18)19)51-71-84-72(94(112)106(93(71)111)74(46-56(5)6)96(114)104(54-58(9)10)80-48-68(42-44-102-80)120-82(108)24-2)52-78(118-66-39-31-62(32-40-66)100(20,21)22)88(90(84)87)86-76(50-70(92(105)110)83(69)89(85)86)116-64-35-27-60(28-36-64)98(14,15)16/h23-44,47-52,55-58,73-74H,1-2,45-46,53-54H2,3-22H3. The molecule has 20 nitrogen and oxygen atoms in total. The van der Waals surface area contributed by atoms with E-state index in [1.807, 2.05) is 152 Å². The summed E-state index contributed by atoms with van der Waals surface area (Å²) in [6.45, 7) is 47.7. The number of ether oxygens (including phenoxy) is 6. The first-order chi connectivity index (χ1) is 56.5. The Morgan fingerprint density at radius 3 is 0.817 bits per heavy atom. The maximum atomic E-state index is 17.0. The molecule has 0 fully saturated rings. The van der Waals surface area contributed by atoms with Gasteiger partial charge in [0.05, 0.1) is 22.3 Å². The number of hydrogen-bond acceptors (Lipinski definition) is 16. The van der Waals surface area contributed by atoms with Gasteiger partial charge in [0.15, 0.2) is 0 Å². The van der Waals surface area contributed by atoms with Gasteiger partial charge in [0.25, 0.3) is 35.4 Å². The first kappa shape index (κ1) is 85.3. The van der Waals surface area contributed by atoms with E-state index in [0.29, 0.717) is 23.0 Å². The predicted octanol–water partition coefficient (Wildman–Crippen LogP) is 22.5. The van der Waals surface area contributed by atoms with Crippen molar-refractivity contribution in [2.24, 2.45) is 23.7 Å². The van der Waals surface area contributed by atoms with Crippen LogP contribution in [0.4, 0.5) is 11.6 Å². The van der Waals surface area contributed by atoms with Crippen molar-refractivity contribution in [1.82, 2.24) is 19.8 Å². The van der Waals surface area contributed by atoms with E-state index in [2.05, 4.69) is 106 Å². The molecule has 2 aromatic heterocycles. The summed E-state index contributed by atoms with van der Waals surface area (Å²) >= 11 is 0. The fraction of sp³-hybridized carbons (Fsp3) is 0.340. The van der Waals surface area contributed by atoms with Crippen LogP contribution in [0, 0.1) is 23.7 Å². The van der Waals surface area contributed by atoms with E-state index < -0.39 is 59.5 Å². The van der Waals surface area contributed by atoms with Crippen LogP contribution in [0.2, 0.25) is 0 Å². The van der Waals surface area contributed by atoms with E-state index in [0.717, 1.165) is 44.2 Å². The Hall–Kier alpha value is -12.6. The highest BCUT2D eigenvalue weighted by Crippen LogP contribution is 2.59. The Kier molecular flexibility index (Phi) is 23.4. The van der Waals surface area contributed by atoms with Crippen molar-refractivity contribution in [1.29, 1.82) is 0 Å². The van der Waals surface area contributed by atoms with Gasteiger partial charge in [-0.3, -0.25) is 48.4 Å². The lowest BCUT2D eigenvalue weighted by atomic mass is 9.80. The summed E-state index contributed by atoms with van der Waals surface area (Å²) in [4.78, 5) is 140. The number of hydrogen-bond donors (Lipinski definition) is 0. The number of esters is 2. The van der Waals surface area contributed by atoms with Gasteiger partial charge in [0, 0.05) is 92.9 Å². The van der Waals surface area contributed by atoms with Crippen molar-refractivity contribution >= 4 is 102 Å². The highest BCUT2D eigenvalue weighted by Gasteiger charge is 2.48. The zero-order chi connectivity index (χ0) is 86.8. The second-order valence-electron chi connectivity index (χ2n) is 37.1. The van der Waals surface area contributed by atoms with Gasteiger partial charge in [-0.15, -0.1) is 0 Å². The molecule has 0 saturated carbocycles. The molecule has 9 aromatic carbocycles. The zero-order valence-electron chi connectivity index (χ0n) is 72.3. The monoisotopic (exact) mass is 1610 g/mol. The van der Waals surface area contributed by atoms with Crippen LogP contribution in [0.5, 0.6) is 57.5 Å². The molecule has 0 aliphatic carbocycles. The van der Waals surface area contributed by atoms with Gasteiger partial charge in [-0.05, 0) is 165 Å². The molecule has 0 spiro atoms. The molecule has 6 amide bonds. The molecule has 20 heteroatoms. The molecular weight excluding hydrogens is 1510 g/mol. The predicted molar refractivity (Wildman–Crippen MR) is 471 cm³/mol. The van der Waals surface area contributed by atoms with Crippen LogP contribution in [0.3, 0.4) is 0 Å². The maximum Gasteiger partial charge on any atom is 0.335 e. The quantitative estimate of drug-likeness (QED) is 0.0161. The van der Waals surface area contributed by atoms with Gasteiger partial charge < -0.3 is 28.4 Å². The number of rotatable bonds is 26. The lowest BCUT2D eigenvalue weighted by molar-refractivity contribution is -0.129.